The van der Waals surface area contributed by atoms with Crippen LogP contribution in [0, 0.1) is 5.92 Å². The van der Waals surface area contributed by atoms with Gasteiger partial charge < -0.3 is 11.1 Å². The number of nitrogens with two attached hydrogens (primary N) is 1. The minimum Gasteiger partial charge on any atom is -0.368 e. The summed E-state index contributed by atoms with van der Waals surface area (Å²) >= 11 is 0. The van der Waals surface area contributed by atoms with Gasteiger partial charge in [0, 0.05) is 6.04 Å². The Morgan fingerprint density at radius 2 is 1.96 bits per heavy atom. The molecule has 0 amide bonds. The van der Waals surface area contributed by atoms with Gasteiger partial charge in [0.1, 0.15) is 0 Å². The summed E-state index contributed by atoms with van der Waals surface area (Å²) in [6.45, 7) is 1.76. The van der Waals surface area contributed by atoms with Gasteiger partial charge in [-0.15, -0.1) is 0 Å². The van der Waals surface area contributed by atoms with Crippen LogP contribution < -0.4 is 11.1 Å². The SMILES string of the molecule is CC[C@@H](F)c1nc(N)nc(N[C@@H](CCc2ccccc2)C2CCC2)n1. The van der Waals surface area contributed by atoms with Crippen LogP contribution >= 0.6 is 0 Å². The summed E-state index contributed by atoms with van der Waals surface area (Å²) < 4.78 is 13.9. The molecule has 0 unspecified atom stereocenters. The molecule has 1 aliphatic rings. The van der Waals surface area contributed by atoms with Crippen LogP contribution in [-0.4, -0.2) is 21.0 Å². The van der Waals surface area contributed by atoms with Crippen molar-refractivity contribution in [2.75, 3.05) is 11.1 Å². The Bertz CT molecular complexity index is 675. The Balaban J connectivity index is 1.70. The standard InChI is InChI=1S/C19H26FN5/c1-2-15(20)17-23-18(21)25-19(24-17)22-16(14-9-6-10-14)12-11-13-7-4-3-5-8-13/h3-5,7-8,14-16H,2,6,9-12H2,1H3,(H3,21,22,23,24,25)/t15-,16+/m1/s1. The minimum absolute atomic E-state index is 0.0685. The van der Waals surface area contributed by atoms with Crippen LogP contribution in [0.3, 0.4) is 0 Å². The second kappa shape index (κ2) is 8.23. The number of nitrogen functional groups attached to an aromatic ring is 1. The topological polar surface area (TPSA) is 76.7 Å². The Morgan fingerprint density at radius 1 is 1.20 bits per heavy atom. The van der Waals surface area contributed by atoms with Gasteiger partial charge in [-0.3, -0.25) is 0 Å². The highest BCUT2D eigenvalue weighted by molar-refractivity contribution is 5.33. The molecule has 0 spiro atoms. The van der Waals surface area contributed by atoms with E-state index < -0.39 is 6.17 Å². The molecule has 3 rings (SSSR count). The summed E-state index contributed by atoms with van der Waals surface area (Å²) in [7, 11) is 0. The fourth-order valence-electron chi connectivity index (χ4n) is 3.20. The van der Waals surface area contributed by atoms with E-state index in [4.69, 9.17) is 5.73 Å². The number of hydrogen-bond acceptors (Lipinski definition) is 5. The summed E-state index contributed by atoms with van der Waals surface area (Å²) in [6, 6.07) is 10.7. The molecule has 0 saturated heterocycles. The average molecular weight is 343 g/mol. The third-order valence-electron chi connectivity index (χ3n) is 4.93. The predicted octanol–water partition coefficient (Wildman–Crippen LogP) is 4.09. The monoisotopic (exact) mass is 343 g/mol. The van der Waals surface area contributed by atoms with E-state index in [9.17, 15) is 4.39 Å². The molecule has 2 aromatic rings. The van der Waals surface area contributed by atoms with E-state index in [2.05, 4.69) is 44.5 Å². The summed E-state index contributed by atoms with van der Waals surface area (Å²) in [6.07, 6.45) is 4.77. The number of alkyl halides is 1. The summed E-state index contributed by atoms with van der Waals surface area (Å²) in [4.78, 5) is 12.3. The van der Waals surface area contributed by atoms with Crippen LogP contribution in [0.4, 0.5) is 16.3 Å². The van der Waals surface area contributed by atoms with Crippen molar-refractivity contribution in [3.63, 3.8) is 0 Å². The molecule has 3 N–H and O–H groups in total. The van der Waals surface area contributed by atoms with Crippen LogP contribution in [-0.2, 0) is 6.42 Å². The molecule has 1 aliphatic carbocycles. The molecule has 0 aliphatic heterocycles. The number of benzene rings is 1. The third-order valence-corrected chi connectivity index (χ3v) is 4.93. The molecule has 134 valence electrons. The van der Waals surface area contributed by atoms with E-state index in [-0.39, 0.29) is 17.8 Å². The first kappa shape index (κ1) is 17.6. The number of hydrogen-bond donors (Lipinski definition) is 2. The summed E-state index contributed by atoms with van der Waals surface area (Å²) in [5.41, 5.74) is 7.07. The molecule has 1 fully saturated rings. The molecule has 0 radical (unpaired) electrons. The quantitative estimate of drug-likeness (QED) is 0.755. The van der Waals surface area contributed by atoms with Crippen molar-refractivity contribution in [3.8, 4) is 0 Å². The highest BCUT2D eigenvalue weighted by Crippen LogP contribution is 2.33. The first-order valence-corrected chi connectivity index (χ1v) is 9.11. The molecule has 5 nitrogen and oxygen atoms in total. The van der Waals surface area contributed by atoms with Crippen molar-refractivity contribution >= 4 is 11.9 Å². The summed E-state index contributed by atoms with van der Waals surface area (Å²) in [5, 5.41) is 3.40. The Kier molecular flexibility index (Phi) is 5.79. The molecule has 25 heavy (non-hydrogen) atoms. The van der Waals surface area contributed by atoms with Gasteiger partial charge in [0.2, 0.25) is 11.9 Å². The zero-order chi connectivity index (χ0) is 17.6. The molecule has 6 heteroatoms. The first-order valence-electron chi connectivity index (χ1n) is 9.11. The fourth-order valence-corrected chi connectivity index (χ4v) is 3.20. The van der Waals surface area contributed by atoms with E-state index in [1.807, 2.05) is 6.07 Å². The second-order valence-corrected chi connectivity index (χ2v) is 6.72. The molecule has 1 saturated carbocycles. The zero-order valence-corrected chi connectivity index (χ0v) is 14.7. The van der Waals surface area contributed by atoms with Crippen LogP contribution in [0.1, 0.15) is 56.6 Å². The number of rotatable bonds is 8. The van der Waals surface area contributed by atoms with Crippen LogP contribution in [0.2, 0.25) is 0 Å². The van der Waals surface area contributed by atoms with Gasteiger partial charge in [-0.2, -0.15) is 15.0 Å². The van der Waals surface area contributed by atoms with Gasteiger partial charge >= 0.3 is 0 Å². The molecule has 2 atom stereocenters. The Morgan fingerprint density at radius 3 is 2.60 bits per heavy atom. The average Bonchev–Trinajstić information content (AvgIpc) is 2.58. The largest absolute Gasteiger partial charge is 0.368 e. The normalized spacial score (nSPS) is 16.9. The van der Waals surface area contributed by atoms with Gasteiger partial charge in [-0.1, -0.05) is 43.7 Å². The van der Waals surface area contributed by atoms with Crippen molar-refractivity contribution in [1.82, 2.24) is 15.0 Å². The fraction of sp³-hybridized carbons (Fsp3) is 0.526. The Hall–Kier alpha value is -2.24. The highest BCUT2D eigenvalue weighted by Gasteiger charge is 2.28. The number of aromatic nitrogens is 3. The van der Waals surface area contributed by atoms with Crippen LogP contribution in [0.15, 0.2) is 30.3 Å². The smallest absolute Gasteiger partial charge is 0.228 e. The van der Waals surface area contributed by atoms with E-state index in [0.29, 0.717) is 18.3 Å². The summed E-state index contributed by atoms with van der Waals surface area (Å²) in [5.74, 6) is 1.19. The molecular weight excluding hydrogens is 317 g/mol. The van der Waals surface area contributed by atoms with Crippen molar-refractivity contribution in [1.29, 1.82) is 0 Å². The lowest BCUT2D eigenvalue weighted by atomic mass is 9.78. The molecule has 0 bridgehead atoms. The van der Waals surface area contributed by atoms with Crippen molar-refractivity contribution in [2.24, 2.45) is 5.92 Å². The van der Waals surface area contributed by atoms with Crippen molar-refractivity contribution in [3.05, 3.63) is 41.7 Å². The highest BCUT2D eigenvalue weighted by atomic mass is 19.1. The molecule has 1 aromatic carbocycles. The lowest BCUT2D eigenvalue weighted by Crippen LogP contribution is -2.35. The molecule has 1 aromatic heterocycles. The van der Waals surface area contributed by atoms with Gasteiger partial charge in [-0.05, 0) is 43.6 Å². The second-order valence-electron chi connectivity index (χ2n) is 6.72. The maximum absolute atomic E-state index is 13.9. The number of aryl methyl sites for hydroxylation is 1. The zero-order valence-electron chi connectivity index (χ0n) is 14.7. The van der Waals surface area contributed by atoms with E-state index in [0.717, 1.165) is 12.8 Å². The minimum atomic E-state index is -1.21. The van der Waals surface area contributed by atoms with Gasteiger partial charge in [0.15, 0.2) is 12.0 Å². The van der Waals surface area contributed by atoms with Gasteiger partial charge in [0.25, 0.3) is 0 Å². The lowest BCUT2D eigenvalue weighted by Gasteiger charge is -2.34. The number of halogens is 1. The third kappa shape index (κ3) is 4.65. The first-order chi connectivity index (χ1) is 12.2. The van der Waals surface area contributed by atoms with E-state index in [1.54, 1.807) is 6.92 Å². The van der Waals surface area contributed by atoms with Gasteiger partial charge in [-0.25, -0.2) is 4.39 Å². The van der Waals surface area contributed by atoms with E-state index in [1.165, 1.54) is 24.8 Å². The van der Waals surface area contributed by atoms with Crippen LogP contribution in [0.25, 0.3) is 0 Å². The van der Waals surface area contributed by atoms with Crippen LogP contribution in [0.5, 0.6) is 0 Å². The van der Waals surface area contributed by atoms with E-state index >= 15 is 0 Å². The van der Waals surface area contributed by atoms with Crippen molar-refractivity contribution in [2.45, 2.75) is 57.7 Å². The molecule has 1 heterocycles. The Labute approximate surface area is 148 Å². The number of anilines is 2. The number of nitrogens with zero attached hydrogens (tertiary/aromatic N) is 3. The maximum Gasteiger partial charge on any atom is 0.228 e. The maximum atomic E-state index is 13.9. The molecular formula is C19H26FN5. The van der Waals surface area contributed by atoms with Gasteiger partial charge in [0.05, 0.1) is 0 Å². The van der Waals surface area contributed by atoms with Crippen molar-refractivity contribution < 1.29 is 4.39 Å². The predicted molar refractivity (Wildman–Crippen MR) is 97.9 cm³/mol. The lowest BCUT2D eigenvalue weighted by molar-refractivity contribution is 0.265. The number of nitrogens with one attached hydrogen (secondary N) is 1.